The quantitative estimate of drug-likeness (QED) is 0.590. The maximum absolute atomic E-state index is 11.3. The molecule has 0 spiro atoms. The van der Waals surface area contributed by atoms with Crippen molar-refractivity contribution in [2.75, 3.05) is 30.4 Å². The van der Waals surface area contributed by atoms with Crippen LogP contribution in [0.25, 0.3) is 0 Å². The molecule has 9 nitrogen and oxygen atoms in total. The Balaban J connectivity index is 2.40. The smallest absolute Gasteiger partial charge is 0.294 e. The molecule has 0 aliphatic heterocycles. The topological polar surface area (TPSA) is 120 Å². The first-order valence-corrected chi connectivity index (χ1v) is 9.73. The minimum absolute atomic E-state index is 0.0725. The van der Waals surface area contributed by atoms with Crippen molar-refractivity contribution in [3.05, 3.63) is 30.1 Å². The molecule has 2 rings (SSSR count). The third kappa shape index (κ3) is 5.10. The average Bonchev–Trinajstić information content (AvgIpc) is 2.60. The van der Waals surface area contributed by atoms with Crippen molar-refractivity contribution in [1.29, 1.82) is 0 Å². The second-order valence-corrected chi connectivity index (χ2v) is 7.16. The van der Waals surface area contributed by atoms with E-state index in [4.69, 9.17) is 0 Å². The summed E-state index contributed by atoms with van der Waals surface area (Å²) in [5.74, 6) is 1.38. The van der Waals surface area contributed by atoms with E-state index in [9.17, 15) is 13.0 Å². The van der Waals surface area contributed by atoms with Gasteiger partial charge >= 0.3 is 0 Å². The Morgan fingerprint density at radius 3 is 2.58 bits per heavy atom. The van der Waals surface area contributed by atoms with Crippen LogP contribution >= 0.6 is 0 Å². The van der Waals surface area contributed by atoms with Gasteiger partial charge in [-0.25, -0.2) is 0 Å². The number of rotatable bonds is 8. The molecule has 142 valence electrons. The molecule has 0 saturated heterocycles. The zero-order valence-corrected chi connectivity index (χ0v) is 16.1. The van der Waals surface area contributed by atoms with Crippen LogP contribution in [0.3, 0.4) is 0 Å². The Labute approximate surface area is 153 Å². The second-order valence-electron chi connectivity index (χ2n) is 5.74. The van der Waals surface area contributed by atoms with E-state index in [1.807, 2.05) is 32.7 Å². The molecule has 3 N–H and O–H groups in total. The number of benzene rings is 1. The fraction of sp³-hybridized carbons (Fsp3) is 0.438. The maximum atomic E-state index is 11.3. The Morgan fingerprint density at radius 2 is 1.96 bits per heavy atom. The molecule has 1 aromatic carbocycles. The van der Waals surface area contributed by atoms with E-state index in [0.717, 1.165) is 13.1 Å². The molecule has 2 aromatic rings. The lowest BCUT2D eigenvalue weighted by Gasteiger charge is -2.18. The molecule has 0 radical (unpaired) electrons. The lowest BCUT2D eigenvalue weighted by atomic mass is 10.3. The molecule has 0 bridgehead atoms. The van der Waals surface area contributed by atoms with Crippen molar-refractivity contribution in [1.82, 2.24) is 20.3 Å². The first kappa shape index (κ1) is 20.0. The highest BCUT2D eigenvalue weighted by atomic mass is 32.2. The summed E-state index contributed by atoms with van der Waals surface area (Å²) < 4.78 is 31.8. The van der Waals surface area contributed by atoms with Gasteiger partial charge in [-0.3, -0.25) is 4.55 Å². The third-order valence-corrected chi connectivity index (χ3v) is 4.59. The zero-order valence-electron chi connectivity index (χ0n) is 15.3. The van der Waals surface area contributed by atoms with Gasteiger partial charge in [-0.1, -0.05) is 13.0 Å². The van der Waals surface area contributed by atoms with Gasteiger partial charge in [0.2, 0.25) is 11.9 Å². The van der Waals surface area contributed by atoms with Crippen molar-refractivity contribution in [2.45, 2.75) is 31.7 Å². The van der Waals surface area contributed by atoms with Crippen LogP contribution in [-0.2, 0) is 10.1 Å². The van der Waals surface area contributed by atoms with E-state index in [1.54, 1.807) is 6.07 Å². The van der Waals surface area contributed by atoms with Crippen LogP contribution in [0, 0.1) is 0 Å². The molecule has 26 heavy (non-hydrogen) atoms. The summed E-state index contributed by atoms with van der Waals surface area (Å²) in [6.07, 6.45) is 0. The van der Waals surface area contributed by atoms with Crippen molar-refractivity contribution >= 4 is 27.7 Å². The minimum atomic E-state index is -4.28. The highest BCUT2D eigenvalue weighted by molar-refractivity contribution is 7.85. The van der Waals surface area contributed by atoms with Crippen LogP contribution in [0.5, 0.6) is 0 Å². The molecule has 0 fully saturated rings. The van der Waals surface area contributed by atoms with Crippen molar-refractivity contribution < 1.29 is 13.0 Å². The van der Waals surface area contributed by atoms with Crippen LogP contribution < -0.4 is 15.5 Å². The van der Waals surface area contributed by atoms with Gasteiger partial charge in [-0.2, -0.15) is 23.4 Å². The van der Waals surface area contributed by atoms with Crippen LogP contribution in [0.4, 0.5) is 17.6 Å². The van der Waals surface area contributed by atoms with E-state index in [1.165, 1.54) is 18.2 Å². The molecule has 1 aromatic heterocycles. The van der Waals surface area contributed by atoms with Gasteiger partial charge in [0.15, 0.2) is 5.82 Å². The Bertz CT molecular complexity index is 859. The minimum Gasteiger partial charge on any atom is -0.344 e. The number of nitrogens with zero attached hydrogens (tertiary/aromatic N) is 4. The third-order valence-electron chi connectivity index (χ3n) is 3.74. The van der Waals surface area contributed by atoms with Crippen molar-refractivity contribution in [3.63, 3.8) is 0 Å². The highest BCUT2D eigenvalue weighted by Crippen LogP contribution is 2.20. The van der Waals surface area contributed by atoms with Crippen molar-refractivity contribution in [2.24, 2.45) is 0 Å². The van der Waals surface area contributed by atoms with Crippen LogP contribution in [0.15, 0.2) is 29.2 Å². The van der Waals surface area contributed by atoms with E-state index < -0.39 is 10.1 Å². The molecule has 1 heterocycles. The summed E-state index contributed by atoms with van der Waals surface area (Å²) in [6.45, 7) is 7.43. The normalized spacial score (nSPS) is 12.7. The lowest BCUT2D eigenvalue weighted by molar-refractivity contribution is 0.483. The molecule has 10 heteroatoms. The lowest BCUT2D eigenvalue weighted by Crippen LogP contribution is -2.24. The van der Waals surface area contributed by atoms with E-state index in [0.29, 0.717) is 23.4 Å². The highest BCUT2D eigenvalue weighted by Gasteiger charge is 2.15. The number of nitrogens with one attached hydrogen (secondary N) is 2. The summed E-state index contributed by atoms with van der Waals surface area (Å²) >= 11 is 0. The Kier molecular flexibility index (Phi) is 6.46. The number of hydrogen-bond donors (Lipinski definition) is 3. The molecule has 0 saturated carbocycles. The molecular weight excluding hydrogens is 356 g/mol. The molecule has 0 amide bonds. The van der Waals surface area contributed by atoms with Crippen LogP contribution in [0.1, 0.15) is 32.6 Å². The van der Waals surface area contributed by atoms with E-state index >= 15 is 0 Å². The first-order chi connectivity index (χ1) is 12.2. The summed E-state index contributed by atoms with van der Waals surface area (Å²) in [6, 6.07) is 5.73. The number of anilines is 3. The average molecular weight is 380 g/mol. The number of hydrogen-bond acceptors (Lipinski definition) is 8. The summed E-state index contributed by atoms with van der Waals surface area (Å²) in [7, 11) is -2.41. The van der Waals surface area contributed by atoms with Crippen LogP contribution in [0.2, 0.25) is 0 Å². The van der Waals surface area contributed by atoms with E-state index in [2.05, 4.69) is 25.6 Å². The fourth-order valence-electron chi connectivity index (χ4n) is 2.20. The van der Waals surface area contributed by atoms with Gasteiger partial charge in [-0.15, -0.1) is 0 Å². The second kappa shape index (κ2) is 8.39. The molecule has 0 aliphatic carbocycles. The van der Waals surface area contributed by atoms with Gasteiger partial charge in [0.25, 0.3) is 10.1 Å². The first-order valence-electron chi connectivity index (χ1n) is 8.29. The monoisotopic (exact) mass is 380 g/mol. The van der Waals surface area contributed by atoms with Gasteiger partial charge < -0.3 is 15.5 Å². The number of aromatic nitrogens is 3. The standard InChI is InChI=1S/C16H24N6O3S/c1-5-17-11(3)14-19-15(21-16(20-14)22(4)6-2)18-12-8-7-9-13(10-12)26(23,24)25/h7-11,17H,5-6H2,1-4H3,(H,23,24,25)(H,18,19,20,21). The summed E-state index contributed by atoms with van der Waals surface area (Å²) in [5.41, 5.74) is 0.443. The molecule has 0 aliphatic rings. The van der Waals surface area contributed by atoms with Gasteiger partial charge in [-0.05, 0) is 38.6 Å². The van der Waals surface area contributed by atoms with E-state index in [-0.39, 0.29) is 10.9 Å². The van der Waals surface area contributed by atoms with Gasteiger partial charge in [0.05, 0.1) is 10.9 Å². The Hall–Kier alpha value is -2.30. The van der Waals surface area contributed by atoms with Crippen LogP contribution in [-0.4, -0.2) is 48.1 Å². The van der Waals surface area contributed by atoms with Gasteiger partial charge in [0, 0.05) is 19.3 Å². The predicted octanol–water partition coefficient (Wildman–Crippen LogP) is 1.99. The predicted molar refractivity (Wildman–Crippen MR) is 100 cm³/mol. The SMILES string of the molecule is CCNC(C)c1nc(Nc2cccc(S(=O)(=O)O)c2)nc(N(C)CC)n1. The largest absolute Gasteiger partial charge is 0.344 e. The summed E-state index contributed by atoms with van der Waals surface area (Å²) in [4.78, 5) is 15.0. The summed E-state index contributed by atoms with van der Waals surface area (Å²) in [5, 5.41) is 6.24. The molecular formula is C16H24N6O3S. The fourth-order valence-corrected chi connectivity index (χ4v) is 2.73. The maximum Gasteiger partial charge on any atom is 0.294 e. The van der Waals surface area contributed by atoms with Crippen molar-refractivity contribution in [3.8, 4) is 0 Å². The Morgan fingerprint density at radius 1 is 1.23 bits per heavy atom. The molecule has 1 unspecified atom stereocenters. The zero-order chi connectivity index (χ0) is 19.3. The van der Waals surface area contributed by atoms with Gasteiger partial charge in [0.1, 0.15) is 0 Å². The molecule has 1 atom stereocenters.